The van der Waals surface area contributed by atoms with Crippen molar-refractivity contribution in [2.45, 2.75) is 6.92 Å². The number of rotatable bonds is 6. The Morgan fingerprint density at radius 1 is 0.963 bits per heavy atom. The Morgan fingerprint density at radius 2 is 1.63 bits per heavy atom. The molecule has 0 aromatic heterocycles. The Kier molecular flexibility index (Phi) is 6.19. The van der Waals surface area contributed by atoms with Gasteiger partial charge in [-0.25, -0.2) is 0 Å². The van der Waals surface area contributed by atoms with E-state index in [0.29, 0.717) is 17.1 Å². The lowest BCUT2D eigenvalue weighted by molar-refractivity contribution is 0.102. The fraction of sp³-hybridized carbons (Fsp3) is 0.381. The maximum atomic E-state index is 12.5. The van der Waals surface area contributed by atoms with Gasteiger partial charge in [0.2, 0.25) is 0 Å². The van der Waals surface area contributed by atoms with Crippen LogP contribution in [-0.4, -0.2) is 57.8 Å². The summed E-state index contributed by atoms with van der Waals surface area (Å²) in [7, 11) is 3.12. The lowest BCUT2D eigenvalue weighted by Crippen LogP contribution is -2.46. The van der Waals surface area contributed by atoms with E-state index in [0.717, 1.165) is 38.4 Å². The van der Waals surface area contributed by atoms with Crippen molar-refractivity contribution in [2.24, 2.45) is 0 Å². The molecule has 1 aliphatic heterocycles. The number of carbonyl (C=O) groups is 1. The van der Waals surface area contributed by atoms with E-state index < -0.39 is 0 Å². The van der Waals surface area contributed by atoms with E-state index in [1.165, 1.54) is 5.69 Å². The van der Waals surface area contributed by atoms with Crippen LogP contribution in [0.1, 0.15) is 17.3 Å². The number of anilines is 2. The summed E-state index contributed by atoms with van der Waals surface area (Å²) in [6.07, 6.45) is 0. The topological polar surface area (TPSA) is 54.0 Å². The van der Waals surface area contributed by atoms with E-state index >= 15 is 0 Å². The summed E-state index contributed by atoms with van der Waals surface area (Å²) in [6, 6.07) is 13.1. The van der Waals surface area contributed by atoms with Crippen LogP contribution in [0.15, 0.2) is 42.5 Å². The first-order valence-corrected chi connectivity index (χ1v) is 9.25. The highest BCUT2D eigenvalue weighted by Gasteiger charge is 2.16. The van der Waals surface area contributed by atoms with Crippen molar-refractivity contribution in [2.75, 3.05) is 57.2 Å². The van der Waals surface area contributed by atoms with Gasteiger partial charge in [-0.05, 0) is 49.0 Å². The van der Waals surface area contributed by atoms with Crippen LogP contribution in [0.2, 0.25) is 0 Å². The number of hydrogen-bond donors (Lipinski definition) is 1. The zero-order valence-corrected chi connectivity index (χ0v) is 16.2. The Labute approximate surface area is 160 Å². The van der Waals surface area contributed by atoms with Crippen molar-refractivity contribution in [3.05, 3.63) is 48.0 Å². The number of nitrogens with one attached hydrogen (secondary N) is 1. The predicted octanol–water partition coefficient (Wildman–Crippen LogP) is 3.10. The van der Waals surface area contributed by atoms with E-state index in [9.17, 15) is 4.79 Å². The minimum absolute atomic E-state index is 0.180. The van der Waals surface area contributed by atoms with Crippen molar-refractivity contribution in [3.63, 3.8) is 0 Å². The molecule has 144 valence electrons. The highest BCUT2D eigenvalue weighted by molar-refractivity contribution is 6.04. The monoisotopic (exact) mass is 369 g/mol. The van der Waals surface area contributed by atoms with Crippen molar-refractivity contribution >= 4 is 17.3 Å². The molecule has 0 aliphatic carbocycles. The highest BCUT2D eigenvalue weighted by Crippen LogP contribution is 2.28. The number of piperazine rings is 1. The quantitative estimate of drug-likeness (QED) is 0.848. The fourth-order valence-electron chi connectivity index (χ4n) is 3.26. The maximum absolute atomic E-state index is 12.5. The van der Waals surface area contributed by atoms with Gasteiger partial charge in [0.05, 0.1) is 14.2 Å². The molecule has 6 nitrogen and oxygen atoms in total. The van der Waals surface area contributed by atoms with Gasteiger partial charge < -0.3 is 24.6 Å². The predicted molar refractivity (Wildman–Crippen MR) is 108 cm³/mol. The smallest absolute Gasteiger partial charge is 0.255 e. The van der Waals surface area contributed by atoms with Crippen molar-refractivity contribution < 1.29 is 14.3 Å². The number of nitrogens with zero attached hydrogens (tertiary/aromatic N) is 2. The zero-order chi connectivity index (χ0) is 19.2. The number of benzene rings is 2. The van der Waals surface area contributed by atoms with Gasteiger partial charge in [0.25, 0.3) is 5.91 Å². The summed E-state index contributed by atoms with van der Waals surface area (Å²) >= 11 is 0. The van der Waals surface area contributed by atoms with Gasteiger partial charge in [-0.3, -0.25) is 4.79 Å². The number of amides is 1. The Morgan fingerprint density at radius 3 is 2.22 bits per heavy atom. The largest absolute Gasteiger partial charge is 0.493 e. The molecule has 2 aromatic rings. The minimum Gasteiger partial charge on any atom is -0.493 e. The van der Waals surface area contributed by atoms with Crippen molar-refractivity contribution in [1.29, 1.82) is 0 Å². The van der Waals surface area contributed by atoms with Crippen molar-refractivity contribution in [1.82, 2.24) is 4.90 Å². The molecule has 0 unspecified atom stereocenters. The standard InChI is InChI=1S/C21H27N3O3/c1-4-23-11-13-24(14-12-23)18-8-6-17(7-9-18)22-21(25)16-5-10-19(26-2)20(15-16)27-3/h5-10,15H,4,11-14H2,1-3H3,(H,22,25). The molecule has 27 heavy (non-hydrogen) atoms. The van der Waals surface area contributed by atoms with Crippen LogP contribution in [0.25, 0.3) is 0 Å². The van der Waals surface area contributed by atoms with Crippen LogP contribution in [0.5, 0.6) is 11.5 Å². The van der Waals surface area contributed by atoms with Crippen LogP contribution < -0.4 is 19.7 Å². The molecule has 1 heterocycles. The second-order valence-corrected chi connectivity index (χ2v) is 6.49. The molecule has 2 aromatic carbocycles. The molecule has 1 saturated heterocycles. The second-order valence-electron chi connectivity index (χ2n) is 6.49. The first kappa shape index (κ1) is 19.0. The summed E-state index contributed by atoms with van der Waals surface area (Å²) in [5.74, 6) is 0.952. The Bertz CT molecular complexity index is 769. The molecule has 0 bridgehead atoms. The van der Waals surface area contributed by atoms with Crippen LogP contribution in [0.4, 0.5) is 11.4 Å². The average Bonchev–Trinajstić information content (AvgIpc) is 2.73. The molecule has 0 radical (unpaired) electrons. The zero-order valence-electron chi connectivity index (χ0n) is 16.2. The van der Waals surface area contributed by atoms with Crippen molar-refractivity contribution in [3.8, 4) is 11.5 Å². The molecular weight excluding hydrogens is 342 g/mol. The van der Waals surface area contributed by atoms with Crippen LogP contribution in [0, 0.1) is 0 Å². The van der Waals surface area contributed by atoms with E-state index in [-0.39, 0.29) is 5.91 Å². The van der Waals surface area contributed by atoms with Gasteiger partial charge in [-0.2, -0.15) is 0 Å². The number of methoxy groups -OCH3 is 2. The number of carbonyl (C=O) groups excluding carboxylic acids is 1. The van der Waals surface area contributed by atoms with E-state index in [2.05, 4.69) is 34.2 Å². The lowest BCUT2D eigenvalue weighted by Gasteiger charge is -2.35. The minimum atomic E-state index is -0.180. The van der Waals surface area contributed by atoms with Gasteiger partial charge in [-0.15, -0.1) is 0 Å². The lowest BCUT2D eigenvalue weighted by atomic mass is 10.1. The molecule has 0 spiro atoms. The summed E-state index contributed by atoms with van der Waals surface area (Å²) < 4.78 is 10.5. The average molecular weight is 369 g/mol. The van der Waals surface area contributed by atoms with Gasteiger partial charge in [-0.1, -0.05) is 6.92 Å². The molecule has 3 rings (SSSR count). The van der Waals surface area contributed by atoms with Gasteiger partial charge in [0.1, 0.15) is 0 Å². The first-order chi connectivity index (χ1) is 13.1. The van der Waals surface area contributed by atoms with Gasteiger partial charge >= 0.3 is 0 Å². The third kappa shape index (κ3) is 4.52. The summed E-state index contributed by atoms with van der Waals surface area (Å²) in [6.45, 7) is 7.56. The number of hydrogen-bond acceptors (Lipinski definition) is 5. The second kappa shape index (κ2) is 8.77. The molecule has 1 aliphatic rings. The SMILES string of the molecule is CCN1CCN(c2ccc(NC(=O)c3ccc(OC)c(OC)c3)cc2)CC1. The third-order valence-corrected chi connectivity index (χ3v) is 4.96. The molecule has 0 saturated carbocycles. The Balaban J connectivity index is 1.63. The molecule has 1 amide bonds. The Hall–Kier alpha value is -2.73. The molecule has 0 atom stereocenters. The molecular formula is C21H27N3O3. The summed E-state index contributed by atoms with van der Waals surface area (Å²) in [5, 5.41) is 2.93. The van der Waals surface area contributed by atoms with Crippen LogP contribution in [-0.2, 0) is 0 Å². The maximum Gasteiger partial charge on any atom is 0.255 e. The van der Waals surface area contributed by atoms with Crippen LogP contribution in [0.3, 0.4) is 0 Å². The number of ether oxygens (including phenoxy) is 2. The first-order valence-electron chi connectivity index (χ1n) is 9.25. The number of likely N-dealkylation sites (N-methyl/N-ethyl adjacent to an activating group) is 1. The summed E-state index contributed by atoms with van der Waals surface area (Å²) in [5.41, 5.74) is 2.48. The van der Waals surface area contributed by atoms with Gasteiger partial charge in [0, 0.05) is 43.1 Å². The van der Waals surface area contributed by atoms with E-state index in [1.54, 1.807) is 32.4 Å². The molecule has 1 N–H and O–H groups in total. The highest BCUT2D eigenvalue weighted by atomic mass is 16.5. The van der Waals surface area contributed by atoms with E-state index in [4.69, 9.17) is 9.47 Å². The fourth-order valence-corrected chi connectivity index (χ4v) is 3.26. The summed E-state index contributed by atoms with van der Waals surface area (Å²) in [4.78, 5) is 17.3. The molecule has 1 fully saturated rings. The van der Waals surface area contributed by atoms with Crippen LogP contribution >= 0.6 is 0 Å². The third-order valence-electron chi connectivity index (χ3n) is 4.96. The molecule has 6 heteroatoms. The van der Waals surface area contributed by atoms with E-state index in [1.807, 2.05) is 12.1 Å². The normalized spacial score (nSPS) is 14.7. The van der Waals surface area contributed by atoms with Gasteiger partial charge in [0.15, 0.2) is 11.5 Å².